The molecule has 0 rings (SSSR count). The van der Waals surface area contributed by atoms with E-state index in [1.807, 2.05) is 0 Å². The monoisotopic (exact) mass is 171 g/mol. The first-order valence-corrected chi connectivity index (χ1v) is 5.58. The van der Waals surface area contributed by atoms with Gasteiger partial charge in [-0.05, 0) is 25.8 Å². The summed E-state index contributed by atoms with van der Waals surface area (Å²) in [5, 5.41) is 3.58. The summed E-state index contributed by atoms with van der Waals surface area (Å²) in [4.78, 5) is 0. The van der Waals surface area contributed by atoms with Crippen LogP contribution in [0.2, 0.25) is 0 Å². The fourth-order valence-electron chi connectivity index (χ4n) is 1.44. The first-order chi connectivity index (χ1) is 5.85. The Bertz CT molecular complexity index is 81.1. The van der Waals surface area contributed by atoms with Crippen LogP contribution >= 0.6 is 0 Å². The molecule has 1 atom stereocenters. The maximum absolute atomic E-state index is 3.58. The second-order valence-electron chi connectivity index (χ2n) is 3.56. The third kappa shape index (κ3) is 6.66. The molecule has 74 valence electrons. The van der Waals surface area contributed by atoms with Crippen molar-refractivity contribution >= 4 is 0 Å². The number of hydrogen-bond donors (Lipinski definition) is 1. The summed E-state index contributed by atoms with van der Waals surface area (Å²) in [6.07, 6.45) is 8.03. The molecule has 1 heteroatoms. The van der Waals surface area contributed by atoms with Gasteiger partial charge < -0.3 is 5.32 Å². The van der Waals surface area contributed by atoms with Crippen LogP contribution in [0.1, 0.15) is 59.3 Å². The number of nitrogens with one attached hydrogen (secondary N) is 1. The van der Waals surface area contributed by atoms with E-state index >= 15 is 0 Å². The largest absolute Gasteiger partial charge is 0.314 e. The van der Waals surface area contributed by atoms with Crippen molar-refractivity contribution in [2.75, 3.05) is 6.54 Å². The molecule has 0 bridgehead atoms. The van der Waals surface area contributed by atoms with Crippen molar-refractivity contribution in [1.29, 1.82) is 0 Å². The number of rotatable bonds is 8. The SMILES string of the molecule is CCCCCC(CC)NCCC. The van der Waals surface area contributed by atoms with Gasteiger partial charge in [0, 0.05) is 6.04 Å². The summed E-state index contributed by atoms with van der Waals surface area (Å²) in [5.41, 5.74) is 0. The average Bonchev–Trinajstić information content (AvgIpc) is 2.11. The van der Waals surface area contributed by atoms with E-state index in [4.69, 9.17) is 0 Å². The van der Waals surface area contributed by atoms with Gasteiger partial charge in [-0.3, -0.25) is 0 Å². The van der Waals surface area contributed by atoms with Gasteiger partial charge in [0.1, 0.15) is 0 Å². The van der Waals surface area contributed by atoms with Gasteiger partial charge in [-0.1, -0.05) is 40.0 Å². The van der Waals surface area contributed by atoms with E-state index < -0.39 is 0 Å². The standard InChI is InChI=1S/C11H25N/c1-4-7-8-9-11(6-3)12-10-5-2/h11-12H,4-10H2,1-3H3. The van der Waals surface area contributed by atoms with Crippen LogP contribution in [0.25, 0.3) is 0 Å². The van der Waals surface area contributed by atoms with Crippen molar-refractivity contribution in [3.8, 4) is 0 Å². The highest BCUT2D eigenvalue weighted by molar-refractivity contribution is 4.63. The third-order valence-corrected chi connectivity index (χ3v) is 2.33. The Morgan fingerprint density at radius 3 is 2.25 bits per heavy atom. The van der Waals surface area contributed by atoms with Gasteiger partial charge in [0.2, 0.25) is 0 Å². The second kappa shape index (κ2) is 9.05. The van der Waals surface area contributed by atoms with E-state index in [9.17, 15) is 0 Å². The van der Waals surface area contributed by atoms with E-state index in [-0.39, 0.29) is 0 Å². The van der Waals surface area contributed by atoms with Crippen LogP contribution in [0.3, 0.4) is 0 Å². The minimum atomic E-state index is 0.775. The van der Waals surface area contributed by atoms with Crippen molar-refractivity contribution in [2.24, 2.45) is 0 Å². The van der Waals surface area contributed by atoms with Gasteiger partial charge in [-0.25, -0.2) is 0 Å². The van der Waals surface area contributed by atoms with E-state index in [1.165, 1.54) is 45.1 Å². The van der Waals surface area contributed by atoms with Crippen LogP contribution in [-0.2, 0) is 0 Å². The Balaban J connectivity index is 3.26. The summed E-state index contributed by atoms with van der Waals surface area (Å²) < 4.78 is 0. The first kappa shape index (κ1) is 12.0. The molecule has 0 aliphatic rings. The molecule has 1 unspecified atom stereocenters. The van der Waals surface area contributed by atoms with Gasteiger partial charge in [0.25, 0.3) is 0 Å². The molecule has 0 heterocycles. The predicted molar refractivity (Wildman–Crippen MR) is 56.5 cm³/mol. The molecule has 0 aromatic heterocycles. The Hall–Kier alpha value is -0.0400. The van der Waals surface area contributed by atoms with Gasteiger partial charge in [0.15, 0.2) is 0 Å². The molecule has 0 radical (unpaired) electrons. The Kier molecular flexibility index (Phi) is 9.02. The van der Waals surface area contributed by atoms with Crippen molar-refractivity contribution in [3.63, 3.8) is 0 Å². The minimum Gasteiger partial charge on any atom is -0.314 e. The summed E-state index contributed by atoms with van der Waals surface area (Å²) >= 11 is 0. The molecule has 0 aromatic rings. The summed E-state index contributed by atoms with van der Waals surface area (Å²) in [6, 6.07) is 0.775. The van der Waals surface area contributed by atoms with Crippen LogP contribution < -0.4 is 5.32 Å². The van der Waals surface area contributed by atoms with Crippen molar-refractivity contribution in [2.45, 2.75) is 65.3 Å². The summed E-state index contributed by atoms with van der Waals surface area (Å²) in [6.45, 7) is 7.95. The van der Waals surface area contributed by atoms with Crippen LogP contribution in [0.5, 0.6) is 0 Å². The van der Waals surface area contributed by atoms with Gasteiger partial charge in [0.05, 0.1) is 0 Å². The second-order valence-corrected chi connectivity index (χ2v) is 3.56. The molecule has 0 aromatic carbocycles. The zero-order valence-corrected chi connectivity index (χ0v) is 9.03. The molecule has 0 amide bonds. The molecule has 1 N–H and O–H groups in total. The maximum Gasteiger partial charge on any atom is 0.00644 e. The molecule has 12 heavy (non-hydrogen) atoms. The molecular weight excluding hydrogens is 146 g/mol. The van der Waals surface area contributed by atoms with Crippen molar-refractivity contribution in [1.82, 2.24) is 5.32 Å². The highest BCUT2D eigenvalue weighted by atomic mass is 14.9. The average molecular weight is 171 g/mol. The predicted octanol–water partition coefficient (Wildman–Crippen LogP) is 3.34. The molecule has 0 spiro atoms. The highest BCUT2D eigenvalue weighted by Gasteiger charge is 2.02. The lowest BCUT2D eigenvalue weighted by Gasteiger charge is -2.15. The quantitative estimate of drug-likeness (QED) is 0.552. The molecule has 0 saturated carbocycles. The van der Waals surface area contributed by atoms with Gasteiger partial charge >= 0.3 is 0 Å². The summed E-state index contributed by atoms with van der Waals surface area (Å²) in [7, 11) is 0. The fraction of sp³-hybridized carbons (Fsp3) is 1.00. The van der Waals surface area contributed by atoms with Crippen LogP contribution in [0.4, 0.5) is 0 Å². The molecule has 0 saturated heterocycles. The van der Waals surface area contributed by atoms with Crippen LogP contribution in [0, 0.1) is 0 Å². The van der Waals surface area contributed by atoms with E-state index in [1.54, 1.807) is 0 Å². The lowest BCUT2D eigenvalue weighted by atomic mass is 10.1. The highest BCUT2D eigenvalue weighted by Crippen LogP contribution is 2.05. The summed E-state index contributed by atoms with van der Waals surface area (Å²) in [5.74, 6) is 0. The topological polar surface area (TPSA) is 12.0 Å². The number of unbranched alkanes of at least 4 members (excludes halogenated alkanes) is 2. The zero-order valence-electron chi connectivity index (χ0n) is 9.03. The number of hydrogen-bond acceptors (Lipinski definition) is 1. The minimum absolute atomic E-state index is 0.775. The molecule has 1 nitrogen and oxygen atoms in total. The lowest BCUT2D eigenvalue weighted by molar-refractivity contribution is 0.448. The molecule has 0 aliphatic carbocycles. The van der Waals surface area contributed by atoms with E-state index in [0.717, 1.165) is 6.04 Å². The van der Waals surface area contributed by atoms with Gasteiger partial charge in [-0.15, -0.1) is 0 Å². The molecule has 0 aliphatic heterocycles. The Labute approximate surface area is 77.9 Å². The molecular formula is C11H25N. The lowest BCUT2D eigenvalue weighted by Crippen LogP contribution is -2.28. The van der Waals surface area contributed by atoms with Crippen LogP contribution in [-0.4, -0.2) is 12.6 Å². The van der Waals surface area contributed by atoms with E-state index in [0.29, 0.717) is 0 Å². The Morgan fingerprint density at radius 1 is 1.00 bits per heavy atom. The fourth-order valence-corrected chi connectivity index (χ4v) is 1.44. The third-order valence-electron chi connectivity index (χ3n) is 2.33. The van der Waals surface area contributed by atoms with Crippen molar-refractivity contribution in [3.05, 3.63) is 0 Å². The van der Waals surface area contributed by atoms with Gasteiger partial charge in [-0.2, -0.15) is 0 Å². The molecule has 0 fully saturated rings. The van der Waals surface area contributed by atoms with Crippen LogP contribution in [0.15, 0.2) is 0 Å². The van der Waals surface area contributed by atoms with E-state index in [2.05, 4.69) is 26.1 Å². The zero-order chi connectivity index (χ0) is 9.23. The first-order valence-electron chi connectivity index (χ1n) is 5.58. The normalized spacial score (nSPS) is 13.2. The Morgan fingerprint density at radius 2 is 1.75 bits per heavy atom. The van der Waals surface area contributed by atoms with Crippen molar-refractivity contribution < 1.29 is 0 Å². The maximum atomic E-state index is 3.58. The smallest absolute Gasteiger partial charge is 0.00644 e.